The lowest BCUT2D eigenvalue weighted by Gasteiger charge is -2.11. The zero-order valence-electron chi connectivity index (χ0n) is 13.9. The van der Waals surface area contributed by atoms with Gasteiger partial charge < -0.3 is 10.1 Å². The summed E-state index contributed by atoms with van der Waals surface area (Å²) in [4.78, 5) is 0. The molecular weight excluding hydrogens is 331 g/mol. The summed E-state index contributed by atoms with van der Waals surface area (Å²) < 4.78 is 20.0. The van der Waals surface area contributed by atoms with E-state index in [0.29, 0.717) is 24.6 Å². The standard InChI is InChI=1S/C20H17FN4O/c21-17-11-16(26-13-14-5-2-1-3-6-14)9-10-18(17)22-12-15-7-4-8-19-20(15)24-25-23-19/h1-11,22H,12-13H2,(H,23,24,25). The van der Waals surface area contributed by atoms with Crippen LogP contribution in [-0.2, 0) is 13.2 Å². The van der Waals surface area contributed by atoms with Gasteiger partial charge in [-0.05, 0) is 23.8 Å². The van der Waals surface area contributed by atoms with Gasteiger partial charge >= 0.3 is 0 Å². The molecule has 0 aliphatic rings. The lowest BCUT2D eigenvalue weighted by Crippen LogP contribution is -2.03. The Morgan fingerprint density at radius 1 is 1.00 bits per heavy atom. The van der Waals surface area contributed by atoms with Crippen molar-refractivity contribution in [2.45, 2.75) is 13.2 Å². The highest BCUT2D eigenvalue weighted by Crippen LogP contribution is 2.23. The number of nitrogens with zero attached hydrogens (tertiary/aromatic N) is 2. The van der Waals surface area contributed by atoms with E-state index in [0.717, 1.165) is 22.2 Å². The van der Waals surface area contributed by atoms with Gasteiger partial charge in [0.2, 0.25) is 0 Å². The molecule has 0 saturated carbocycles. The molecule has 0 spiro atoms. The van der Waals surface area contributed by atoms with Crippen LogP contribution in [0.1, 0.15) is 11.1 Å². The predicted molar refractivity (Wildman–Crippen MR) is 98.4 cm³/mol. The Labute approximate surface area is 149 Å². The van der Waals surface area contributed by atoms with Crippen molar-refractivity contribution in [2.75, 3.05) is 5.32 Å². The molecule has 1 aromatic heterocycles. The van der Waals surface area contributed by atoms with Gasteiger partial charge in [-0.3, -0.25) is 5.10 Å². The van der Waals surface area contributed by atoms with Crippen LogP contribution in [0.15, 0.2) is 66.7 Å². The molecule has 0 atom stereocenters. The average Bonchev–Trinajstić information content (AvgIpc) is 3.16. The highest BCUT2D eigenvalue weighted by Gasteiger charge is 2.07. The number of ether oxygens (including phenoxy) is 1. The van der Waals surface area contributed by atoms with E-state index in [-0.39, 0.29) is 5.82 Å². The number of aromatic amines is 1. The Morgan fingerprint density at radius 3 is 2.73 bits per heavy atom. The second kappa shape index (κ2) is 7.23. The summed E-state index contributed by atoms with van der Waals surface area (Å²) in [5.41, 5.74) is 4.03. The molecule has 0 bridgehead atoms. The van der Waals surface area contributed by atoms with E-state index in [2.05, 4.69) is 20.7 Å². The minimum atomic E-state index is -0.358. The van der Waals surface area contributed by atoms with Crippen molar-refractivity contribution in [2.24, 2.45) is 0 Å². The van der Waals surface area contributed by atoms with Crippen molar-refractivity contribution in [3.8, 4) is 5.75 Å². The Kier molecular flexibility index (Phi) is 4.47. The summed E-state index contributed by atoms with van der Waals surface area (Å²) in [6.07, 6.45) is 0. The van der Waals surface area contributed by atoms with Crippen LogP contribution >= 0.6 is 0 Å². The minimum Gasteiger partial charge on any atom is -0.489 e. The molecule has 0 fully saturated rings. The third-order valence-corrected chi connectivity index (χ3v) is 4.10. The van der Waals surface area contributed by atoms with E-state index in [1.807, 2.05) is 48.5 Å². The van der Waals surface area contributed by atoms with Gasteiger partial charge in [-0.25, -0.2) is 4.39 Å². The van der Waals surface area contributed by atoms with Gasteiger partial charge in [0.15, 0.2) is 0 Å². The molecule has 130 valence electrons. The maximum atomic E-state index is 14.4. The fourth-order valence-electron chi connectivity index (χ4n) is 2.73. The summed E-state index contributed by atoms with van der Waals surface area (Å²) in [5, 5.41) is 13.8. The third kappa shape index (κ3) is 3.49. The summed E-state index contributed by atoms with van der Waals surface area (Å²) >= 11 is 0. The van der Waals surface area contributed by atoms with Gasteiger partial charge in [-0.15, -0.1) is 5.10 Å². The molecule has 4 rings (SSSR count). The molecule has 0 radical (unpaired) electrons. The topological polar surface area (TPSA) is 62.8 Å². The number of benzene rings is 3. The lowest BCUT2D eigenvalue weighted by atomic mass is 10.2. The number of halogens is 1. The van der Waals surface area contributed by atoms with Crippen molar-refractivity contribution in [1.82, 2.24) is 15.4 Å². The predicted octanol–water partition coefficient (Wildman–Crippen LogP) is 4.29. The van der Waals surface area contributed by atoms with E-state index < -0.39 is 0 Å². The second-order valence-electron chi connectivity index (χ2n) is 5.89. The summed E-state index contributed by atoms with van der Waals surface area (Å²) in [5.74, 6) is 0.137. The molecule has 0 aliphatic heterocycles. The Morgan fingerprint density at radius 2 is 1.88 bits per heavy atom. The van der Waals surface area contributed by atoms with Crippen LogP contribution in [0.4, 0.5) is 10.1 Å². The van der Waals surface area contributed by atoms with Crippen LogP contribution in [0.5, 0.6) is 5.75 Å². The molecule has 2 N–H and O–H groups in total. The fraction of sp³-hybridized carbons (Fsp3) is 0.100. The number of rotatable bonds is 6. The third-order valence-electron chi connectivity index (χ3n) is 4.10. The lowest BCUT2D eigenvalue weighted by molar-refractivity contribution is 0.304. The monoisotopic (exact) mass is 348 g/mol. The molecule has 5 nitrogen and oxygen atoms in total. The number of anilines is 1. The first-order valence-electron chi connectivity index (χ1n) is 8.28. The number of aromatic nitrogens is 3. The van der Waals surface area contributed by atoms with Gasteiger partial charge in [-0.1, -0.05) is 47.7 Å². The zero-order valence-corrected chi connectivity index (χ0v) is 13.9. The number of nitrogens with one attached hydrogen (secondary N) is 2. The van der Waals surface area contributed by atoms with E-state index in [1.54, 1.807) is 12.1 Å². The largest absolute Gasteiger partial charge is 0.489 e. The van der Waals surface area contributed by atoms with Gasteiger partial charge in [0.1, 0.15) is 23.7 Å². The summed E-state index contributed by atoms with van der Waals surface area (Å²) in [6, 6.07) is 20.4. The smallest absolute Gasteiger partial charge is 0.149 e. The van der Waals surface area contributed by atoms with E-state index in [9.17, 15) is 4.39 Å². The molecule has 6 heteroatoms. The second-order valence-corrected chi connectivity index (χ2v) is 5.89. The van der Waals surface area contributed by atoms with Gasteiger partial charge in [0.05, 0.1) is 11.2 Å². The maximum absolute atomic E-state index is 14.4. The van der Waals surface area contributed by atoms with Crippen molar-refractivity contribution < 1.29 is 9.13 Å². The van der Waals surface area contributed by atoms with E-state index in [1.165, 1.54) is 6.07 Å². The van der Waals surface area contributed by atoms with Gasteiger partial charge in [0.25, 0.3) is 0 Å². The quantitative estimate of drug-likeness (QED) is 0.546. The molecule has 0 unspecified atom stereocenters. The van der Waals surface area contributed by atoms with Crippen LogP contribution in [-0.4, -0.2) is 15.4 Å². The average molecular weight is 348 g/mol. The minimum absolute atomic E-state index is 0.358. The maximum Gasteiger partial charge on any atom is 0.149 e. The van der Waals surface area contributed by atoms with Crippen LogP contribution < -0.4 is 10.1 Å². The van der Waals surface area contributed by atoms with Gasteiger partial charge in [0, 0.05) is 18.2 Å². The van der Waals surface area contributed by atoms with Crippen molar-refractivity contribution in [3.05, 3.63) is 83.7 Å². The highest BCUT2D eigenvalue weighted by atomic mass is 19.1. The molecule has 0 saturated heterocycles. The SMILES string of the molecule is Fc1cc(OCc2ccccc2)ccc1NCc1cccc2[nH]nnc12. The molecule has 0 amide bonds. The van der Waals surface area contributed by atoms with Crippen molar-refractivity contribution in [3.63, 3.8) is 0 Å². The molecule has 26 heavy (non-hydrogen) atoms. The number of H-pyrrole nitrogens is 1. The first-order valence-corrected chi connectivity index (χ1v) is 8.28. The van der Waals surface area contributed by atoms with Crippen molar-refractivity contribution in [1.29, 1.82) is 0 Å². The normalized spacial score (nSPS) is 10.8. The Hall–Kier alpha value is -3.41. The first-order chi connectivity index (χ1) is 12.8. The Balaban J connectivity index is 1.42. The first kappa shape index (κ1) is 16.1. The van der Waals surface area contributed by atoms with Crippen LogP contribution in [0.3, 0.4) is 0 Å². The van der Waals surface area contributed by atoms with E-state index in [4.69, 9.17) is 4.74 Å². The molecular formula is C20H17FN4O. The van der Waals surface area contributed by atoms with Crippen LogP contribution in [0.2, 0.25) is 0 Å². The summed E-state index contributed by atoms with van der Waals surface area (Å²) in [6.45, 7) is 0.853. The van der Waals surface area contributed by atoms with Crippen molar-refractivity contribution >= 4 is 16.7 Å². The van der Waals surface area contributed by atoms with Crippen LogP contribution in [0.25, 0.3) is 11.0 Å². The number of hydrogen-bond donors (Lipinski definition) is 2. The molecule has 4 aromatic rings. The number of hydrogen-bond acceptors (Lipinski definition) is 4. The Bertz CT molecular complexity index is 1020. The molecule has 1 heterocycles. The fourth-order valence-corrected chi connectivity index (χ4v) is 2.73. The van der Waals surface area contributed by atoms with Gasteiger partial charge in [-0.2, -0.15) is 0 Å². The molecule has 3 aromatic carbocycles. The summed E-state index contributed by atoms with van der Waals surface area (Å²) in [7, 11) is 0. The highest BCUT2D eigenvalue weighted by molar-refractivity contribution is 5.77. The van der Waals surface area contributed by atoms with Crippen LogP contribution in [0, 0.1) is 5.82 Å². The van der Waals surface area contributed by atoms with E-state index >= 15 is 0 Å². The molecule has 0 aliphatic carbocycles. The number of fused-ring (bicyclic) bond motifs is 1. The zero-order chi connectivity index (χ0) is 17.8.